The Hall–Kier alpha value is -1.85. The molecule has 1 aromatic rings. The van der Waals surface area contributed by atoms with E-state index >= 15 is 0 Å². The molecule has 1 amide bonds. The van der Waals surface area contributed by atoms with Gasteiger partial charge in [-0.25, -0.2) is 9.78 Å². The third kappa shape index (κ3) is 5.21. The highest BCUT2D eigenvalue weighted by atomic mass is 16.5. The Balaban J connectivity index is 2.77. The van der Waals surface area contributed by atoms with Gasteiger partial charge in [-0.3, -0.25) is 4.79 Å². The van der Waals surface area contributed by atoms with Gasteiger partial charge in [0, 0.05) is 12.5 Å². The molecule has 0 spiro atoms. The zero-order chi connectivity index (χ0) is 16.0. The Kier molecular flexibility index (Phi) is 6.39. The van der Waals surface area contributed by atoms with Gasteiger partial charge in [-0.05, 0) is 12.3 Å². The third-order valence-electron chi connectivity index (χ3n) is 3.05. The highest BCUT2D eigenvalue weighted by molar-refractivity contribution is 5.86. The molecule has 0 aliphatic heterocycles. The lowest BCUT2D eigenvalue weighted by Crippen LogP contribution is -2.35. The molecule has 0 unspecified atom stereocenters. The van der Waals surface area contributed by atoms with Gasteiger partial charge in [0.15, 0.2) is 5.69 Å². The molecule has 0 fully saturated rings. The second-order valence-corrected chi connectivity index (χ2v) is 5.72. The van der Waals surface area contributed by atoms with Crippen LogP contribution in [0.5, 0.6) is 0 Å². The lowest BCUT2D eigenvalue weighted by atomic mass is 10.1. The van der Waals surface area contributed by atoms with Gasteiger partial charge in [-0.2, -0.15) is 0 Å². The predicted octanol–water partition coefficient (Wildman–Crippen LogP) is 2.49. The van der Waals surface area contributed by atoms with E-state index in [0.717, 1.165) is 6.42 Å². The van der Waals surface area contributed by atoms with Gasteiger partial charge >= 0.3 is 5.97 Å². The van der Waals surface area contributed by atoms with Gasteiger partial charge < -0.3 is 14.1 Å². The summed E-state index contributed by atoms with van der Waals surface area (Å²) < 4.78 is 9.83. The number of oxazole rings is 1. The number of amides is 1. The van der Waals surface area contributed by atoms with Gasteiger partial charge in [0.05, 0.1) is 13.7 Å². The fourth-order valence-electron chi connectivity index (χ4n) is 1.79. The van der Waals surface area contributed by atoms with Gasteiger partial charge in [-0.1, -0.05) is 27.7 Å². The highest BCUT2D eigenvalue weighted by Gasteiger charge is 2.21. The maximum absolute atomic E-state index is 12.2. The highest BCUT2D eigenvalue weighted by Crippen LogP contribution is 2.12. The smallest absolute Gasteiger partial charge is 0.360 e. The normalized spacial score (nSPS) is 11.0. The molecule has 6 nitrogen and oxygen atoms in total. The number of hydrogen-bond donors (Lipinski definition) is 0. The summed E-state index contributed by atoms with van der Waals surface area (Å²) >= 11 is 0. The van der Waals surface area contributed by atoms with Crippen LogP contribution in [0, 0.1) is 11.8 Å². The minimum atomic E-state index is -0.547. The largest absolute Gasteiger partial charge is 0.464 e. The standard InChI is InChI=1S/C15H24N2O4/c1-10(2)6-7-17(14(18)11(3)4)8-13-16-12(9-21-13)15(19)20-5/h9-11H,6-8H2,1-5H3. The van der Waals surface area contributed by atoms with Crippen LogP contribution in [0.1, 0.15) is 50.5 Å². The average molecular weight is 296 g/mol. The van der Waals surface area contributed by atoms with Gasteiger partial charge in [0.25, 0.3) is 0 Å². The van der Waals surface area contributed by atoms with E-state index in [1.807, 2.05) is 13.8 Å². The summed E-state index contributed by atoms with van der Waals surface area (Å²) in [5, 5.41) is 0. The van der Waals surface area contributed by atoms with Crippen molar-refractivity contribution in [3.63, 3.8) is 0 Å². The zero-order valence-corrected chi connectivity index (χ0v) is 13.4. The molecule has 0 bridgehead atoms. The van der Waals surface area contributed by atoms with Gasteiger partial charge in [0.2, 0.25) is 11.8 Å². The lowest BCUT2D eigenvalue weighted by Gasteiger charge is -2.24. The second-order valence-electron chi connectivity index (χ2n) is 5.72. The molecule has 118 valence electrons. The lowest BCUT2D eigenvalue weighted by molar-refractivity contribution is -0.135. The first-order valence-electron chi connectivity index (χ1n) is 7.16. The molecule has 0 aliphatic carbocycles. The first-order chi connectivity index (χ1) is 9.85. The van der Waals surface area contributed by atoms with Crippen molar-refractivity contribution in [3.05, 3.63) is 17.8 Å². The molecular weight excluding hydrogens is 272 g/mol. The third-order valence-corrected chi connectivity index (χ3v) is 3.05. The van der Waals surface area contributed by atoms with Crippen molar-refractivity contribution in [2.45, 2.75) is 40.7 Å². The Morgan fingerprint density at radius 3 is 2.52 bits per heavy atom. The maximum Gasteiger partial charge on any atom is 0.360 e. The van der Waals surface area contributed by atoms with Crippen LogP contribution in [0.2, 0.25) is 0 Å². The molecule has 0 atom stereocenters. The summed E-state index contributed by atoms with van der Waals surface area (Å²) in [4.78, 5) is 29.3. The van der Waals surface area contributed by atoms with E-state index in [2.05, 4.69) is 23.6 Å². The van der Waals surface area contributed by atoms with Crippen LogP contribution in [0.3, 0.4) is 0 Å². The minimum Gasteiger partial charge on any atom is -0.464 e. The number of rotatable bonds is 7. The summed E-state index contributed by atoms with van der Waals surface area (Å²) in [6.07, 6.45) is 2.16. The van der Waals surface area contributed by atoms with Crippen LogP contribution in [-0.4, -0.2) is 35.4 Å². The van der Waals surface area contributed by atoms with Crippen LogP contribution >= 0.6 is 0 Å². The van der Waals surface area contributed by atoms with Crippen molar-refractivity contribution in [2.75, 3.05) is 13.7 Å². The Bertz CT molecular complexity index is 480. The second kappa shape index (κ2) is 7.81. The first-order valence-corrected chi connectivity index (χ1v) is 7.16. The molecule has 0 saturated carbocycles. The van der Waals surface area contributed by atoms with E-state index in [0.29, 0.717) is 18.4 Å². The molecule has 1 rings (SSSR count). The molecule has 0 N–H and O–H groups in total. The van der Waals surface area contributed by atoms with E-state index in [1.54, 1.807) is 4.90 Å². The summed E-state index contributed by atoms with van der Waals surface area (Å²) in [5.41, 5.74) is 0.119. The predicted molar refractivity (Wildman–Crippen MR) is 77.6 cm³/mol. The first kappa shape index (κ1) is 17.2. The molecule has 1 heterocycles. The molecule has 0 saturated heterocycles. The van der Waals surface area contributed by atoms with E-state index in [-0.39, 0.29) is 24.1 Å². The quantitative estimate of drug-likeness (QED) is 0.723. The number of methoxy groups -OCH3 is 1. The van der Waals surface area contributed by atoms with Crippen molar-refractivity contribution in [1.82, 2.24) is 9.88 Å². The minimum absolute atomic E-state index is 0.0495. The monoisotopic (exact) mass is 296 g/mol. The summed E-state index contributed by atoms with van der Waals surface area (Å²) in [7, 11) is 1.29. The van der Waals surface area contributed by atoms with E-state index in [9.17, 15) is 9.59 Å². The Morgan fingerprint density at radius 2 is 2.00 bits per heavy atom. The van der Waals surface area contributed by atoms with Crippen LogP contribution in [0.25, 0.3) is 0 Å². The summed E-state index contributed by atoms with van der Waals surface area (Å²) in [6, 6.07) is 0. The van der Waals surface area contributed by atoms with Crippen molar-refractivity contribution in [1.29, 1.82) is 0 Å². The average Bonchev–Trinajstić information content (AvgIpc) is 2.89. The molecule has 1 aromatic heterocycles. The zero-order valence-electron chi connectivity index (χ0n) is 13.4. The maximum atomic E-state index is 12.2. The number of carbonyl (C=O) groups excluding carboxylic acids is 2. The SMILES string of the molecule is COC(=O)c1coc(CN(CCC(C)C)C(=O)C(C)C)n1. The number of ether oxygens (including phenoxy) is 1. The number of hydrogen-bond acceptors (Lipinski definition) is 5. The molecule has 0 aromatic carbocycles. The molecule has 0 aliphatic rings. The van der Waals surface area contributed by atoms with Crippen LogP contribution in [-0.2, 0) is 16.1 Å². The number of carbonyl (C=O) groups is 2. The van der Waals surface area contributed by atoms with Crippen molar-refractivity contribution >= 4 is 11.9 Å². The Labute approximate surface area is 125 Å². The molecule has 6 heteroatoms. The van der Waals surface area contributed by atoms with E-state index in [1.165, 1.54) is 13.4 Å². The van der Waals surface area contributed by atoms with Gasteiger partial charge in [-0.15, -0.1) is 0 Å². The number of esters is 1. The fourth-order valence-corrected chi connectivity index (χ4v) is 1.79. The molecule has 0 radical (unpaired) electrons. The van der Waals surface area contributed by atoms with Crippen LogP contribution in [0.15, 0.2) is 10.7 Å². The number of aromatic nitrogens is 1. The van der Waals surface area contributed by atoms with Crippen LogP contribution in [0.4, 0.5) is 0 Å². The van der Waals surface area contributed by atoms with Crippen molar-refractivity contribution in [3.8, 4) is 0 Å². The fraction of sp³-hybridized carbons (Fsp3) is 0.667. The van der Waals surface area contributed by atoms with Crippen LogP contribution < -0.4 is 0 Å². The van der Waals surface area contributed by atoms with Crippen molar-refractivity contribution in [2.24, 2.45) is 11.8 Å². The molecular formula is C15H24N2O4. The summed E-state index contributed by atoms with van der Waals surface area (Å²) in [5.74, 6) is 0.255. The summed E-state index contributed by atoms with van der Waals surface area (Å²) in [6.45, 7) is 8.85. The number of nitrogens with zero attached hydrogens (tertiary/aromatic N) is 2. The molecule has 21 heavy (non-hydrogen) atoms. The Morgan fingerprint density at radius 1 is 1.33 bits per heavy atom. The topological polar surface area (TPSA) is 72.6 Å². The van der Waals surface area contributed by atoms with Crippen molar-refractivity contribution < 1.29 is 18.7 Å². The van der Waals surface area contributed by atoms with E-state index in [4.69, 9.17) is 4.42 Å². The van der Waals surface area contributed by atoms with E-state index < -0.39 is 5.97 Å². The van der Waals surface area contributed by atoms with Gasteiger partial charge in [0.1, 0.15) is 6.26 Å².